The van der Waals surface area contributed by atoms with Crippen LogP contribution in [0, 0.1) is 0 Å². The number of nitrogens with one attached hydrogen (secondary N) is 1. The summed E-state index contributed by atoms with van der Waals surface area (Å²) >= 11 is 0. The summed E-state index contributed by atoms with van der Waals surface area (Å²) in [6, 6.07) is 0. The average Bonchev–Trinajstić information content (AvgIpc) is 2.65. The largest absolute Gasteiger partial charge is 0.337 e. The number of carbonyl (C=O) groups is 1. The van der Waals surface area contributed by atoms with E-state index in [1.165, 1.54) is 0 Å². The molecule has 1 aromatic rings. The molecule has 0 spiro atoms. The van der Waals surface area contributed by atoms with Crippen LogP contribution in [0.2, 0.25) is 0 Å². The summed E-state index contributed by atoms with van der Waals surface area (Å²) in [6.07, 6.45) is 4.47. The monoisotopic (exact) mass is 300 g/mol. The van der Waals surface area contributed by atoms with Crippen LogP contribution < -0.4 is 5.14 Å². The first kappa shape index (κ1) is 15.0. The molecule has 8 heteroatoms. The number of sulfonamides is 1. The fourth-order valence-electron chi connectivity index (χ4n) is 2.48. The molecule has 1 saturated heterocycles. The summed E-state index contributed by atoms with van der Waals surface area (Å²) in [4.78, 5) is 14.0. The number of hydrogen-bond acceptors (Lipinski definition) is 4. The van der Waals surface area contributed by atoms with E-state index in [4.69, 9.17) is 5.14 Å². The van der Waals surface area contributed by atoms with Gasteiger partial charge in [-0.15, -0.1) is 0 Å². The number of aryl methyl sites for hydroxylation is 1. The Hall–Kier alpha value is -1.41. The van der Waals surface area contributed by atoms with Crippen molar-refractivity contribution in [2.75, 3.05) is 13.1 Å². The van der Waals surface area contributed by atoms with Crippen molar-refractivity contribution >= 4 is 15.9 Å². The van der Waals surface area contributed by atoms with Crippen molar-refractivity contribution in [3.63, 3.8) is 0 Å². The number of likely N-dealkylation sites (tertiary alicyclic amines) is 1. The summed E-state index contributed by atoms with van der Waals surface area (Å²) in [5.41, 5.74) is 0.303. The van der Waals surface area contributed by atoms with Crippen molar-refractivity contribution < 1.29 is 13.2 Å². The first-order valence-corrected chi connectivity index (χ1v) is 8.39. The molecule has 1 aliphatic rings. The minimum atomic E-state index is -3.97. The Kier molecular flexibility index (Phi) is 4.44. The van der Waals surface area contributed by atoms with Crippen LogP contribution in [-0.2, 0) is 16.4 Å². The number of nitrogens with zero attached hydrogens (tertiary/aromatic N) is 2. The van der Waals surface area contributed by atoms with Crippen molar-refractivity contribution in [3.05, 3.63) is 11.4 Å². The summed E-state index contributed by atoms with van der Waals surface area (Å²) < 4.78 is 23.4. The number of hydrogen-bond donors (Lipinski definition) is 2. The molecule has 0 radical (unpaired) electrons. The molecule has 2 heterocycles. The Morgan fingerprint density at radius 3 is 2.40 bits per heavy atom. The normalized spacial score (nSPS) is 17.0. The first-order valence-electron chi connectivity index (χ1n) is 6.84. The highest BCUT2D eigenvalue weighted by molar-refractivity contribution is 7.89. The quantitative estimate of drug-likeness (QED) is 0.853. The van der Waals surface area contributed by atoms with E-state index < -0.39 is 10.0 Å². The Morgan fingerprint density at radius 1 is 1.30 bits per heavy atom. The smallest absolute Gasteiger partial charge is 0.275 e. The van der Waals surface area contributed by atoms with E-state index in [9.17, 15) is 13.2 Å². The highest BCUT2D eigenvalue weighted by Gasteiger charge is 2.29. The van der Waals surface area contributed by atoms with Crippen molar-refractivity contribution in [3.8, 4) is 0 Å². The lowest BCUT2D eigenvalue weighted by atomic mass is 10.2. The van der Waals surface area contributed by atoms with E-state index in [-0.39, 0.29) is 16.5 Å². The Balaban J connectivity index is 2.37. The zero-order valence-corrected chi connectivity index (χ0v) is 12.4. The van der Waals surface area contributed by atoms with E-state index in [2.05, 4.69) is 10.2 Å². The molecule has 7 nitrogen and oxygen atoms in total. The predicted molar refractivity (Wildman–Crippen MR) is 73.7 cm³/mol. The van der Waals surface area contributed by atoms with Gasteiger partial charge in [0.25, 0.3) is 5.91 Å². The van der Waals surface area contributed by atoms with Gasteiger partial charge in [0.1, 0.15) is 4.90 Å². The number of aromatic nitrogens is 2. The van der Waals surface area contributed by atoms with Gasteiger partial charge in [0.05, 0.1) is 5.69 Å². The molecule has 1 aromatic heterocycles. The SMILES string of the molecule is CCc1[nH]nc(C(=O)N2CCCCCC2)c1S(N)(=O)=O. The van der Waals surface area contributed by atoms with E-state index in [0.29, 0.717) is 25.2 Å². The number of aromatic amines is 1. The van der Waals surface area contributed by atoms with Gasteiger partial charge in [0, 0.05) is 13.1 Å². The third kappa shape index (κ3) is 3.01. The number of rotatable bonds is 3. The van der Waals surface area contributed by atoms with Gasteiger partial charge in [0.2, 0.25) is 10.0 Å². The number of carbonyl (C=O) groups excluding carboxylic acids is 1. The fourth-order valence-corrected chi connectivity index (χ4v) is 3.42. The maximum absolute atomic E-state index is 12.5. The van der Waals surface area contributed by atoms with Gasteiger partial charge in [-0.1, -0.05) is 19.8 Å². The van der Waals surface area contributed by atoms with E-state index in [0.717, 1.165) is 25.7 Å². The van der Waals surface area contributed by atoms with Crippen LogP contribution in [0.25, 0.3) is 0 Å². The number of primary sulfonamides is 1. The molecule has 3 N–H and O–H groups in total. The van der Waals surface area contributed by atoms with Gasteiger partial charge in [-0.05, 0) is 19.3 Å². The molecule has 1 amide bonds. The summed E-state index contributed by atoms with van der Waals surface area (Å²) in [5, 5.41) is 11.7. The molecule has 0 aromatic carbocycles. The predicted octanol–water partition coefficient (Wildman–Crippen LogP) is 0.636. The number of H-pyrrole nitrogens is 1. The second-order valence-corrected chi connectivity index (χ2v) is 6.48. The van der Waals surface area contributed by atoms with Crippen molar-refractivity contribution in [1.82, 2.24) is 15.1 Å². The van der Waals surface area contributed by atoms with E-state index >= 15 is 0 Å². The first-order chi connectivity index (χ1) is 9.45. The van der Waals surface area contributed by atoms with Crippen LogP contribution in [0.3, 0.4) is 0 Å². The van der Waals surface area contributed by atoms with Gasteiger partial charge in [-0.25, -0.2) is 13.6 Å². The van der Waals surface area contributed by atoms with Crippen LogP contribution in [0.1, 0.15) is 48.8 Å². The molecule has 0 unspecified atom stereocenters. The lowest BCUT2D eigenvalue weighted by Crippen LogP contribution is -2.33. The minimum Gasteiger partial charge on any atom is -0.337 e. The highest BCUT2D eigenvalue weighted by atomic mass is 32.2. The highest BCUT2D eigenvalue weighted by Crippen LogP contribution is 2.20. The second kappa shape index (κ2) is 5.92. The Morgan fingerprint density at radius 2 is 1.90 bits per heavy atom. The summed E-state index contributed by atoms with van der Waals surface area (Å²) in [7, 11) is -3.97. The zero-order valence-electron chi connectivity index (χ0n) is 11.6. The molecular weight excluding hydrogens is 280 g/mol. The molecule has 1 aliphatic heterocycles. The van der Waals surface area contributed by atoms with Crippen LogP contribution >= 0.6 is 0 Å². The van der Waals surface area contributed by atoms with Gasteiger partial charge < -0.3 is 4.90 Å². The maximum Gasteiger partial charge on any atom is 0.275 e. The van der Waals surface area contributed by atoms with Crippen LogP contribution in [0.5, 0.6) is 0 Å². The second-order valence-electron chi connectivity index (χ2n) is 4.98. The van der Waals surface area contributed by atoms with Crippen LogP contribution in [0.15, 0.2) is 4.90 Å². The molecule has 1 fully saturated rings. The Labute approximate surface area is 118 Å². The molecule has 0 aliphatic carbocycles. The molecular formula is C12H20N4O3S. The van der Waals surface area contributed by atoms with Crippen molar-refractivity contribution in [2.45, 2.75) is 43.9 Å². The van der Waals surface area contributed by atoms with Crippen LogP contribution in [0.4, 0.5) is 0 Å². The lowest BCUT2D eigenvalue weighted by Gasteiger charge is -2.19. The minimum absolute atomic E-state index is 0.0775. The summed E-state index contributed by atoms with van der Waals surface area (Å²) in [6.45, 7) is 3.05. The lowest BCUT2D eigenvalue weighted by molar-refractivity contribution is 0.0752. The zero-order chi connectivity index (χ0) is 14.8. The van der Waals surface area contributed by atoms with Crippen LogP contribution in [-0.4, -0.2) is 42.5 Å². The standard InChI is InChI=1S/C12H20N4O3S/c1-2-9-11(20(13,18)19)10(15-14-9)12(17)16-7-5-3-4-6-8-16/h2-8H2,1H3,(H,14,15)(H2,13,18,19). The third-order valence-electron chi connectivity index (χ3n) is 3.53. The molecule has 112 valence electrons. The molecule has 20 heavy (non-hydrogen) atoms. The van der Waals surface area contributed by atoms with E-state index in [1.54, 1.807) is 11.8 Å². The molecule has 0 bridgehead atoms. The maximum atomic E-state index is 12.5. The molecule has 0 atom stereocenters. The van der Waals surface area contributed by atoms with Gasteiger partial charge >= 0.3 is 0 Å². The van der Waals surface area contributed by atoms with Crippen molar-refractivity contribution in [1.29, 1.82) is 0 Å². The molecule has 2 rings (SSSR count). The fraction of sp³-hybridized carbons (Fsp3) is 0.667. The van der Waals surface area contributed by atoms with Gasteiger partial charge in [-0.3, -0.25) is 9.89 Å². The number of amides is 1. The number of nitrogens with two attached hydrogens (primary N) is 1. The average molecular weight is 300 g/mol. The molecule has 0 saturated carbocycles. The summed E-state index contributed by atoms with van der Waals surface area (Å²) in [5.74, 6) is -0.355. The van der Waals surface area contributed by atoms with Gasteiger partial charge in [0.15, 0.2) is 5.69 Å². The van der Waals surface area contributed by atoms with Gasteiger partial charge in [-0.2, -0.15) is 5.10 Å². The Bertz CT molecular complexity index is 586. The topological polar surface area (TPSA) is 109 Å². The van der Waals surface area contributed by atoms with Crippen molar-refractivity contribution in [2.24, 2.45) is 5.14 Å². The third-order valence-corrected chi connectivity index (χ3v) is 4.53. The van der Waals surface area contributed by atoms with E-state index in [1.807, 2.05) is 0 Å².